The van der Waals surface area contributed by atoms with Gasteiger partial charge in [0, 0.05) is 23.5 Å². The molecule has 0 aliphatic heterocycles. The molecule has 1 amide bonds. The van der Waals surface area contributed by atoms with Crippen LogP contribution in [0.3, 0.4) is 0 Å². The van der Waals surface area contributed by atoms with Gasteiger partial charge in [-0.1, -0.05) is 12.1 Å². The van der Waals surface area contributed by atoms with Crippen molar-refractivity contribution in [1.82, 2.24) is 30.6 Å². The van der Waals surface area contributed by atoms with Crippen molar-refractivity contribution in [3.05, 3.63) is 42.2 Å². The van der Waals surface area contributed by atoms with Crippen LogP contribution in [0.25, 0.3) is 11.4 Å². The number of anilines is 1. The third-order valence-corrected chi connectivity index (χ3v) is 2.48. The van der Waals surface area contributed by atoms with Crippen LogP contribution < -0.4 is 5.32 Å². The maximum absolute atomic E-state index is 11.9. The Hall–Kier alpha value is -3.03. The Morgan fingerprint density at radius 2 is 2.05 bits per heavy atom. The van der Waals surface area contributed by atoms with Gasteiger partial charge < -0.3 is 4.98 Å². The van der Waals surface area contributed by atoms with E-state index in [0.717, 1.165) is 5.56 Å². The molecule has 0 fully saturated rings. The number of imidazole rings is 1. The fourth-order valence-electron chi connectivity index (χ4n) is 1.57. The van der Waals surface area contributed by atoms with E-state index in [1.807, 2.05) is 0 Å². The summed E-state index contributed by atoms with van der Waals surface area (Å²) >= 11 is 0. The summed E-state index contributed by atoms with van der Waals surface area (Å²) in [6.45, 7) is 0. The SMILES string of the molecule is O=C(Nc1ncc[nH]1)c1ccc(-c2nn[nH]n2)cc1. The molecule has 2 aromatic heterocycles. The topological polar surface area (TPSA) is 112 Å². The Kier molecular flexibility index (Phi) is 2.73. The molecule has 2 heterocycles. The number of amides is 1. The van der Waals surface area contributed by atoms with Crippen LogP contribution in [0.4, 0.5) is 5.95 Å². The first kappa shape index (κ1) is 11.1. The first-order valence-electron chi connectivity index (χ1n) is 5.47. The number of nitrogens with zero attached hydrogens (tertiary/aromatic N) is 4. The molecule has 0 atom stereocenters. The number of tetrazole rings is 1. The van der Waals surface area contributed by atoms with Gasteiger partial charge in [0.05, 0.1) is 0 Å². The number of H-pyrrole nitrogens is 2. The van der Waals surface area contributed by atoms with Gasteiger partial charge in [0.25, 0.3) is 5.91 Å². The summed E-state index contributed by atoms with van der Waals surface area (Å²) in [6.07, 6.45) is 3.20. The fourth-order valence-corrected chi connectivity index (χ4v) is 1.57. The van der Waals surface area contributed by atoms with Crippen LogP contribution in [0.1, 0.15) is 10.4 Å². The second-order valence-corrected chi connectivity index (χ2v) is 3.70. The van der Waals surface area contributed by atoms with Gasteiger partial charge in [0.15, 0.2) is 0 Å². The Balaban J connectivity index is 1.77. The van der Waals surface area contributed by atoms with Crippen LogP contribution in [-0.2, 0) is 0 Å². The second kappa shape index (κ2) is 4.69. The smallest absolute Gasteiger partial charge is 0.257 e. The lowest BCUT2D eigenvalue weighted by molar-refractivity contribution is 0.102. The molecular formula is C11H9N7O. The molecule has 0 saturated heterocycles. The lowest BCUT2D eigenvalue weighted by Crippen LogP contribution is -2.12. The zero-order valence-corrected chi connectivity index (χ0v) is 9.66. The number of hydrogen-bond donors (Lipinski definition) is 3. The summed E-state index contributed by atoms with van der Waals surface area (Å²) < 4.78 is 0. The minimum atomic E-state index is -0.241. The van der Waals surface area contributed by atoms with Gasteiger partial charge in [-0.3, -0.25) is 10.1 Å². The summed E-state index contributed by atoms with van der Waals surface area (Å²) in [4.78, 5) is 18.6. The molecule has 0 aliphatic carbocycles. The lowest BCUT2D eigenvalue weighted by atomic mass is 10.1. The number of aromatic amines is 2. The molecule has 8 nitrogen and oxygen atoms in total. The predicted octanol–water partition coefficient (Wildman–Crippen LogP) is 0.842. The largest absolute Gasteiger partial charge is 0.331 e. The van der Waals surface area contributed by atoms with Gasteiger partial charge in [-0.15, -0.1) is 10.2 Å². The summed E-state index contributed by atoms with van der Waals surface area (Å²) in [6, 6.07) is 6.87. The van der Waals surface area contributed by atoms with E-state index in [9.17, 15) is 4.79 Å². The lowest BCUT2D eigenvalue weighted by Gasteiger charge is -2.02. The van der Waals surface area contributed by atoms with Crippen LogP contribution in [0.15, 0.2) is 36.7 Å². The van der Waals surface area contributed by atoms with Crippen molar-refractivity contribution in [3.63, 3.8) is 0 Å². The molecule has 0 saturated carbocycles. The Bertz CT molecular complexity index is 658. The predicted molar refractivity (Wildman–Crippen MR) is 66.2 cm³/mol. The number of carbonyl (C=O) groups excluding carboxylic acids is 1. The molecule has 0 aliphatic rings. The van der Waals surface area contributed by atoms with E-state index < -0.39 is 0 Å². The van der Waals surface area contributed by atoms with Crippen LogP contribution in [-0.4, -0.2) is 36.5 Å². The van der Waals surface area contributed by atoms with Crippen molar-refractivity contribution in [2.75, 3.05) is 5.32 Å². The molecule has 0 radical (unpaired) electrons. The summed E-state index contributed by atoms with van der Waals surface area (Å²) in [5.74, 6) is 0.653. The van der Waals surface area contributed by atoms with Crippen molar-refractivity contribution in [2.45, 2.75) is 0 Å². The number of aromatic nitrogens is 6. The van der Waals surface area contributed by atoms with Crippen LogP contribution in [0, 0.1) is 0 Å². The van der Waals surface area contributed by atoms with Crippen LogP contribution in [0.5, 0.6) is 0 Å². The van der Waals surface area contributed by atoms with E-state index in [4.69, 9.17) is 0 Å². The molecule has 19 heavy (non-hydrogen) atoms. The van der Waals surface area contributed by atoms with Crippen molar-refractivity contribution in [1.29, 1.82) is 0 Å². The maximum Gasteiger partial charge on any atom is 0.257 e. The highest BCUT2D eigenvalue weighted by Crippen LogP contribution is 2.14. The number of hydrogen-bond acceptors (Lipinski definition) is 5. The van der Waals surface area contributed by atoms with Gasteiger partial charge >= 0.3 is 0 Å². The number of benzene rings is 1. The summed E-state index contributed by atoms with van der Waals surface area (Å²) in [5, 5.41) is 16.2. The molecule has 0 spiro atoms. The molecule has 8 heteroatoms. The second-order valence-electron chi connectivity index (χ2n) is 3.70. The molecule has 3 aromatic rings. The standard InChI is InChI=1S/C11H9N7O/c19-10(14-11-12-5-6-13-11)8-3-1-7(2-4-8)9-15-17-18-16-9/h1-6H,(H2,12,13,14,19)(H,15,16,17,18). The van der Waals surface area contributed by atoms with Crippen molar-refractivity contribution >= 4 is 11.9 Å². The van der Waals surface area contributed by atoms with Gasteiger partial charge in [0.2, 0.25) is 11.8 Å². The third-order valence-electron chi connectivity index (χ3n) is 2.48. The van der Waals surface area contributed by atoms with Gasteiger partial charge in [-0.05, 0) is 17.3 Å². The molecule has 1 aromatic carbocycles. The van der Waals surface area contributed by atoms with Crippen molar-refractivity contribution in [3.8, 4) is 11.4 Å². The highest BCUT2D eigenvalue weighted by Gasteiger charge is 2.08. The van der Waals surface area contributed by atoms with Crippen LogP contribution >= 0.6 is 0 Å². The molecule has 3 N–H and O–H groups in total. The van der Waals surface area contributed by atoms with Crippen LogP contribution in [0.2, 0.25) is 0 Å². The van der Waals surface area contributed by atoms with Crippen molar-refractivity contribution < 1.29 is 4.79 Å². The number of rotatable bonds is 3. The van der Waals surface area contributed by atoms with E-state index in [-0.39, 0.29) is 5.91 Å². The van der Waals surface area contributed by atoms with E-state index in [0.29, 0.717) is 17.3 Å². The van der Waals surface area contributed by atoms with E-state index in [1.54, 1.807) is 36.7 Å². The monoisotopic (exact) mass is 255 g/mol. The molecule has 0 bridgehead atoms. The molecule has 94 valence electrons. The fraction of sp³-hybridized carbons (Fsp3) is 0. The minimum Gasteiger partial charge on any atom is -0.331 e. The summed E-state index contributed by atoms with van der Waals surface area (Å²) in [7, 11) is 0. The number of carbonyl (C=O) groups is 1. The Morgan fingerprint density at radius 1 is 1.21 bits per heavy atom. The zero-order chi connectivity index (χ0) is 13.1. The third kappa shape index (κ3) is 2.32. The van der Waals surface area contributed by atoms with E-state index >= 15 is 0 Å². The number of nitrogens with one attached hydrogen (secondary N) is 3. The summed E-state index contributed by atoms with van der Waals surface area (Å²) in [5.41, 5.74) is 1.30. The van der Waals surface area contributed by atoms with Gasteiger partial charge in [-0.2, -0.15) is 5.21 Å². The Morgan fingerprint density at radius 3 is 2.68 bits per heavy atom. The van der Waals surface area contributed by atoms with E-state index in [1.165, 1.54) is 0 Å². The normalized spacial score (nSPS) is 10.3. The van der Waals surface area contributed by atoms with Gasteiger partial charge in [0.1, 0.15) is 0 Å². The van der Waals surface area contributed by atoms with Gasteiger partial charge in [-0.25, -0.2) is 4.98 Å². The molecule has 0 unspecified atom stereocenters. The molecule has 3 rings (SSSR count). The first-order valence-corrected chi connectivity index (χ1v) is 5.47. The first-order chi connectivity index (χ1) is 9.33. The average Bonchev–Trinajstić information content (AvgIpc) is 3.12. The van der Waals surface area contributed by atoms with E-state index in [2.05, 4.69) is 35.9 Å². The maximum atomic E-state index is 11.9. The minimum absolute atomic E-state index is 0.241. The Labute approximate surface area is 107 Å². The molecular weight excluding hydrogens is 246 g/mol. The quantitative estimate of drug-likeness (QED) is 0.642. The average molecular weight is 255 g/mol. The highest BCUT2D eigenvalue weighted by molar-refractivity contribution is 6.03. The zero-order valence-electron chi connectivity index (χ0n) is 9.66. The highest BCUT2D eigenvalue weighted by atomic mass is 16.1. The van der Waals surface area contributed by atoms with Crippen molar-refractivity contribution in [2.24, 2.45) is 0 Å².